The second kappa shape index (κ2) is 14.9. The Balaban J connectivity index is 0.00000361. The summed E-state index contributed by atoms with van der Waals surface area (Å²) < 4.78 is 47.0. The molecule has 11 atom stereocenters. The molecule has 0 aromatic heterocycles. The predicted octanol–water partition coefficient (Wildman–Crippen LogP) is -11.6. The molecule has 2 fully saturated rings. The first-order valence-electron chi connectivity index (χ1n) is 10.2. The maximum absolute atomic E-state index is 12.1. The monoisotopic (exact) mass is 612 g/mol. The molecule has 0 saturated carbocycles. The summed E-state index contributed by atoms with van der Waals surface area (Å²) in [6, 6.07) is -1.05. The van der Waals surface area contributed by atoms with Gasteiger partial charge in [-0.15, -0.1) is 0 Å². The quantitative estimate of drug-likeness (QED) is 0.0939. The van der Waals surface area contributed by atoms with Crippen molar-refractivity contribution < 1.29 is 141 Å². The smallest absolute Gasteiger partial charge is 0.862 e. The molecule has 3 rings (SSSR count). The number of phosphoric acid groups is 2. The molecule has 38 heavy (non-hydrogen) atoms. The second-order valence-electron chi connectivity index (χ2n) is 7.87. The van der Waals surface area contributed by atoms with Gasteiger partial charge in [0.1, 0.15) is 42.7 Å². The van der Waals surface area contributed by atoms with Gasteiger partial charge in [-0.1, -0.05) is 0 Å². The Kier molecular flexibility index (Phi) is 14.4. The topological polar surface area (TPSA) is 301 Å². The number of ether oxygens (including phenoxy) is 2. The third-order valence-electron chi connectivity index (χ3n) is 5.36. The van der Waals surface area contributed by atoms with Crippen LogP contribution in [0.15, 0.2) is 4.99 Å². The molecule has 3 aliphatic rings. The molecule has 0 aromatic carbocycles. The first-order valence-corrected chi connectivity index (χ1v) is 13.2. The number of urea groups is 1. The number of nitrogens with zero attached hydrogens (tertiary/aromatic N) is 2. The van der Waals surface area contributed by atoms with Crippen molar-refractivity contribution in [3.05, 3.63) is 0 Å². The van der Waals surface area contributed by atoms with Crippen molar-refractivity contribution in [2.24, 2.45) is 4.99 Å². The van der Waals surface area contributed by atoms with E-state index in [1.807, 2.05) is 0 Å². The van der Waals surface area contributed by atoms with Crippen LogP contribution in [0.25, 0.3) is 0 Å². The molecule has 2 unspecified atom stereocenters. The molecular formula is C15H24N2Na2O17P2. The zero-order chi connectivity index (χ0) is 27.0. The van der Waals surface area contributed by atoms with Gasteiger partial charge in [0.25, 0.3) is 7.82 Å². The van der Waals surface area contributed by atoms with E-state index < -0.39 is 96.0 Å². The number of phosphoric ester groups is 2. The van der Waals surface area contributed by atoms with Gasteiger partial charge < -0.3 is 59.5 Å². The summed E-state index contributed by atoms with van der Waals surface area (Å²) in [5, 5.41) is 69.7. The summed E-state index contributed by atoms with van der Waals surface area (Å²) in [6.07, 6.45) is -16.6. The fraction of sp³-hybridized carbons (Fsp3) is 0.867. The van der Waals surface area contributed by atoms with Gasteiger partial charge in [0.15, 0.2) is 12.5 Å². The summed E-state index contributed by atoms with van der Waals surface area (Å²) in [6.45, 7) is -2.18. The third kappa shape index (κ3) is 8.94. The Morgan fingerprint density at radius 3 is 2.18 bits per heavy atom. The summed E-state index contributed by atoms with van der Waals surface area (Å²) in [7, 11) is -11.4. The maximum atomic E-state index is 12.1. The van der Waals surface area contributed by atoms with Gasteiger partial charge in [0, 0.05) is 6.54 Å². The van der Waals surface area contributed by atoms with Crippen molar-refractivity contribution in [3.8, 4) is 0 Å². The number of rotatable bonds is 9. The minimum Gasteiger partial charge on any atom is -0.862 e. The molecule has 7 N–H and O–H groups in total. The molecule has 23 heteroatoms. The Labute approximate surface area is 258 Å². The van der Waals surface area contributed by atoms with Crippen molar-refractivity contribution in [3.63, 3.8) is 0 Å². The van der Waals surface area contributed by atoms with Gasteiger partial charge in [0.2, 0.25) is 0 Å². The summed E-state index contributed by atoms with van der Waals surface area (Å²) in [5.41, 5.74) is 0. The van der Waals surface area contributed by atoms with Crippen LogP contribution in [0, 0.1) is 0 Å². The number of amides is 2. The van der Waals surface area contributed by atoms with Gasteiger partial charge in [-0.3, -0.25) is 14.0 Å². The second-order valence-corrected chi connectivity index (χ2v) is 10.8. The van der Waals surface area contributed by atoms with E-state index in [9.17, 15) is 54.4 Å². The molecule has 3 aliphatic heterocycles. The molecule has 2 saturated heterocycles. The van der Waals surface area contributed by atoms with Crippen LogP contribution < -0.4 is 69.1 Å². The summed E-state index contributed by atoms with van der Waals surface area (Å²) >= 11 is 0. The SMILES string of the molecule is O=C1N=C([O-])CCN1[C@@H]1O[C@H](COP(=O)([O-])OP(=O)(O)O[C@H]2O[C@H](CO)[C@H](O)[C@H](O)[C@H]2O)[C@@H](O)[C@H]1O.[Na+].[Na+]. The number of aliphatic hydroxyl groups excluding tert-OH is 6. The third-order valence-corrected chi connectivity index (χ3v) is 7.93. The zero-order valence-electron chi connectivity index (χ0n) is 20.0. The fourth-order valence-electron chi connectivity index (χ4n) is 3.52. The van der Waals surface area contributed by atoms with Crippen LogP contribution in [0.1, 0.15) is 6.42 Å². The average molecular weight is 612 g/mol. The Morgan fingerprint density at radius 1 is 1.00 bits per heavy atom. The first-order chi connectivity index (χ1) is 16.7. The van der Waals surface area contributed by atoms with E-state index in [0.717, 1.165) is 4.90 Å². The van der Waals surface area contributed by atoms with E-state index >= 15 is 0 Å². The van der Waals surface area contributed by atoms with Crippen LogP contribution in [-0.2, 0) is 32.0 Å². The number of aliphatic hydroxyl groups is 6. The Bertz CT molecular complexity index is 945. The number of hydrogen-bond acceptors (Lipinski definition) is 16. The van der Waals surface area contributed by atoms with Gasteiger partial charge in [0.05, 0.1) is 13.2 Å². The standard InChI is InChI=1S/C15H26N2O17P2.2Na/c18-3-5-8(20)10(22)12(24)14(32-5)33-36(28,29)34-35(26,27)30-4-6-9(21)11(23)13(31-6)17-2-1-7(19)16-15(17)25;;/h5-6,8-14,18,20-24H,1-4H2,(H,26,27)(H,28,29)(H,16,19,25);;/q;2*+1/p-2/t5-,6-,8+,9-,10+,11-,12-,13-,14-;;/m1../s1. The molecule has 0 aromatic rings. The summed E-state index contributed by atoms with van der Waals surface area (Å²) in [4.78, 5) is 37.7. The Morgan fingerprint density at radius 2 is 1.61 bits per heavy atom. The van der Waals surface area contributed by atoms with E-state index in [1.165, 1.54) is 0 Å². The van der Waals surface area contributed by atoms with Crippen LogP contribution >= 0.6 is 15.6 Å². The van der Waals surface area contributed by atoms with Crippen LogP contribution in [0.2, 0.25) is 0 Å². The largest absolute Gasteiger partial charge is 1.00 e. The molecule has 208 valence electrons. The molecular weight excluding hydrogens is 588 g/mol. The van der Waals surface area contributed by atoms with Crippen molar-refractivity contribution in [2.75, 3.05) is 19.8 Å². The number of carbonyl (C=O) groups excluding carboxylic acids is 1. The molecule has 0 radical (unpaired) electrons. The van der Waals surface area contributed by atoms with E-state index in [-0.39, 0.29) is 72.1 Å². The molecule has 0 aliphatic carbocycles. The molecule has 2 amide bonds. The normalized spacial score (nSPS) is 38.8. The van der Waals surface area contributed by atoms with Crippen LogP contribution in [-0.4, -0.2) is 127 Å². The predicted molar refractivity (Wildman–Crippen MR) is 104 cm³/mol. The first kappa shape index (κ1) is 36.9. The molecule has 0 spiro atoms. The van der Waals surface area contributed by atoms with Crippen molar-refractivity contribution in [1.29, 1.82) is 0 Å². The van der Waals surface area contributed by atoms with E-state index in [1.54, 1.807) is 0 Å². The van der Waals surface area contributed by atoms with Gasteiger partial charge in [-0.2, -0.15) is 0 Å². The maximum Gasteiger partial charge on any atom is 1.00 e. The number of carbonyl (C=O) groups is 1. The Hall–Kier alpha value is 0.880. The minimum absolute atomic E-state index is 0. The molecule has 0 bridgehead atoms. The average Bonchev–Trinajstić information content (AvgIpc) is 3.06. The number of hydrogen-bond donors (Lipinski definition) is 7. The van der Waals surface area contributed by atoms with E-state index in [2.05, 4.69) is 18.4 Å². The van der Waals surface area contributed by atoms with Crippen LogP contribution in [0.4, 0.5) is 4.79 Å². The van der Waals surface area contributed by atoms with Gasteiger partial charge in [-0.05, 0) is 12.3 Å². The molecule has 3 heterocycles. The summed E-state index contributed by atoms with van der Waals surface area (Å²) in [5.74, 6) is -0.701. The minimum atomic E-state index is -5.73. The van der Waals surface area contributed by atoms with Crippen molar-refractivity contribution in [1.82, 2.24) is 4.90 Å². The van der Waals surface area contributed by atoms with Gasteiger partial charge in [-0.25, -0.2) is 18.7 Å². The van der Waals surface area contributed by atoms with Crippen molar-refractivity contribution in [2.45, 2.75) is 61.7 Å². The fourth-order valence-corrected chi connectivity index (χ4v) is 5.64. The van der Waals surface area contributed by atoms with Crippen LogP contribution in [0.3, 0.4) is 0 Å². The van der Waals surface area contributed by atoms with E-state index in [0.29, 0.717) is 0 Å². The van der Waals surface area contributed by atoms with Crippen molar-refractivity contribution >= 4 is 27.6 Å². The zero-order valence-corrected chi connectivity index (χ0v) is 25.8. The number of aliphatic imine (C=N–C) groups is 1. The van der Waals surface area contributed by atoms with Crippen LogP contribution in [0.5, 0.6) is 0 Å². The molecule has 19 nitrogen and oxygen atoms in total. The van der Waals surface area contributed by atoms with E-state index in [4.69, 9.17) is 14.6 Å². The van der Waals surface area contributed by atoms with Gasteiger partial charge >= 0.3 is 73.0 Å².